The van der Waals surface area contributed by atoms with Gasteiger partial charge in [-0.05, 0) is 47.4 Å². The molecule has 1 aromatic heterocycles. The number of carbonyl (C=O) groups is 1. The lowest BCUT2D eigenvalue weighted by Crippen LogP contribution is -2.29. The topological polar surface area (TPSA) is 47.4 Å². The van der Waals surface area contributed by atoms with Crippen LogP contribution in [-0.2, 0) is 16.8 Å². The lowest BCUT2D eigenvalue weighted by Gasteiger charge is -2.12. The van der Waals surface area contributed by atoms with Gasteiger partial charge in [0.2, 0.25) is 5.91 Å². The van der Waals surface area contributed by atoms with Crippen LogP contribution in [0.5, 0.6) is 5.75 Å². The van der Waals surface area contributed by atoms with Gasteiger partial charge in [-0.3, -0.25) is 9.48 Å². The molecule has 3 aromatic carbocycles. The first-order valence-electron chi connectivity index (χ1n) is 10.6. The first-order valence-corrected chi connectivity index (χ1v) is 10.6. The highest BCUT2D eigenvalue weighted by Gasteiger charge is 2.66. The summed E-state index contributed by atoms with van der Waals surface area (Å²) in [4.78, 5) is 15.1. The maximum absolute atomic E-state index is 13.3. The number of carbonyl (C=O) groups excluding carboxylic acids is 1. The van der Waals surface area contributed by atoms with Crippen molar-refractivity contribution in [3.8, 4) is 5.75 Å². The zero-order valence-electron chi connectivity index (χ0n) is 17.6. The number of likely N-dealkylation sites (N-methyl/N-ethyl adjacent to an activating group) is 1. The standard InChI is InChI=1S/C26H23N3O2/c1-28-23-11-10-20(31-2)13-21(23)26(25(28)30)14-22(26)18-8-9-19-15-27-29(24(19)12-18)16-17-6-4-3-5-7-17/h3-13,15,22H,14,16H2,1-2H3/t22?,26-/m0/s1. The molecule has 1 aliphatic carbocycles. The Labute approximate surface area is 180 Å². The second-order valence-electron chi connectivity index (χ2n) is 8.58. The molecule has 4 aromatic rings. The van der Waals surface area contributed by atoms with Crippen LogP contribution in [0, 0.1) is 0 Å². The second-order valence-corrected chi connectivity index (χ2v) is 8.58. The molecule has 2 heterocycles. The molecule has 1 fully saturated rings. The summed E-state index contributed by atoms with van der Waals surface area (Å²) in [6, 6.07) is 22.8. The van der Waals surface area contributed by atoms with Crippen LogP contribution in [0.25, 0.3) is 10.9 Å². The van der Waals surface area contributed by atoms with E-state index >= 15 is 0 Å². The fourth-order valence-electron chi connectivity index (χ4n) is 5.20. The summed E-state index contributed by atoms with van der Waals surface area (Å²) in [5, 5.41) is 5.73. The Kier molecular flexibility index (Phi) is 3.78. The highest BCUT2D eigenvalue weighted by Crippen LogP contribution is 2.66. The Bertz CT molecular complexity index is 1330. The van der Waals surface area contributed by atoms with E-state index in [1.807, 2.05) is 54.3 Å². The zero-order valence-corrected chi connectivity index (χ0v) is 17.6. The minimum Gasteiger partial charge on any atom is -0.497 e. The molecule has 6 rings (SSSR count). The molecular weight excluding hydrogens is 386 g/mol. The molecule has 154 valence electrons. The minimum atomic E-state index is -0.476. The summed E-state index contributed by atoms with van der Waals surface area (Å²) in [5.74, 6) is 1.14. The molecule has 2 atom stereocenters. The van der Waals surface area contributed by atoms with Crippen LogP contribution in [0.1, 0.15) is 29.0 Å². The summed E-state index contributed by atoms with van der Waals surface area (Å²) in [7, 11) is 3.54. The fourth-order valence-corrected chi connectivity index (χ4v) is 5.20. The molecule has 0 bridgehead atoms. The van der Waals surface area contributed by atoms with Crippen LogP contribution in [0.3, 0.4) is 0 Å². The number of benzene rings is 3. The largest absolute Gasteiger partial charge is 0.497 e. The fraction of sp³-hybridized carbons (Fsp3) is 0.231. The van der Waals surface area contributed by atoms with Crippen molar-refractivity contribution in [2.24, 2.45) is 0 Å². The number of nitrogens with zero attached hydrogens (tertiary/aromatic N) is 3. The van der Waals surface area contributed by atoms with E-state index in [0.717, 1.165) is 40.9 Å². The zero-order chi connectivity index (χ0) is 21.2. The van der Waals surface area contributed by atoms with E-state index in [-0.39, 0.29) is 11.8 Å². The van der Waals surface area contributed by atoms with E-state index in [4.69, 9.17) is 4.74 Å². The first kappa shape index (κ1) is 18.2. The molecule has 5 nitrogen and oxygen atoms in total. The van der Waals surface area contributed by atoms with Crippen molar-refractivity contribution in [2.45, 2.75) is 24.3 Å². The molecule has 1 aliphatic heterocycles. The van der Waals surface area contributed by atoms with Crippen molar-refractivity contribution in [1.82, 2.24) is 9.78 Å². The van der Waals surface area contributed by atoms with Gasteiger partial charge < -0.3 is 9.64 Å². The third-order valence-corrected chi connectivity index (χ3v) is 6.94. The molecule has 1 spiro atoms. The molecule has 0 saturated heterocycles. The number of ether oxygens (including phenoxy) is 1. The third kappa shape index (κ3) is 2.56. The third-order valence-electron chi connectivity index (χ3n) is 6.94. The van der Waals surface area contributed by atoms with E-state index in [1.165, 1.54) is 11.1 Å². The SMILES string of the molecule is COc1ccc2c(c1)[C@]1(CC1c1ccc3cnn(Cc4ccccc4)c3c1)C(=O)N2C. The van der Waals surface area contributed by atoms with Crippen LogP contribution in [-0.4, -0.2) is 29.8 Å². The Morgan fingerprint density at radius 2 is 1.94 bits per heavy atom. The van der Waals surface area contributed by atoms with Gasteiger partial charge in [-0.25, -0.2) is 0 Å². The molecule has 1 saturated carbocycles. The molecule has 1 unspecified atom stereocenters. The lowest BCUT2D eigenvalue weighted by molar-refractivity contribution is -0.120. The highest BCUT2D eigenvalue weighted by atomic mass is 16.5. The van der Waals surface area contributed by atoms with Gasteiger partial charge in [0.1, 0.15) is 5.75 Å². The van der Waals surface area contributed by atoms with Crippen LogP contribution in [0.4, 0.5) is 5.69 Å². The van der Waals surface area contributed by atoms with Gasteiger partial charge in [-0.2, -0.15) is 5.10 Å². The summed E-state index contributed by atoms with van der Waals surface area (Å²) >= 11 is 0. The monoisotopic (exact) mass is 409 g/mol. The van der Waals surface area contributed by atoms with Crippen molar-refractivity contribution in [3.63, 3.8) is 0 Å². The highest BCUT2D eigenvalue weighted by molar-refractivity contribution is 6.11. The predicted molar refractivity (Wildman–Crippen MR) is 121 cm³/mol. The van der Waals surface area contributed by atoms with Crippen molar-refractivity contribution in [1.29, 1.82) is 0 Å². The van der Waals surface area contributed by atoms with E-state index in [1.54, 1.807) is 12.0 Å². The Hall–Kier alpha value is -3.60. The van der Waals surface area contributed by atoms with E-state index in [0.29, 0.717) is 0 Å². The predicted octanol–water partition coefficient (Wildman–Crippen LogP) is 4.49. The molecule has 0 radical (unpaired) electrons. The quantitative estimate of drug-likeness (QED) is 0.499. The molecule has 5 heteroatoms. The lowest BCUT2D eigenvalue weighted by atomic mass is 9.91. The number of hydrogen-bond donors (Lipinski definition) is 0. The molecule has 2 aliphatic rings. The Morgan fingerprint density at radius 1 is 1.10 bits per heavy atom. The van der Waals surface area contributed by atoms with Crippen LogP contribution >= 0.6 is 0 Å². The van der Waals surface area contributed by atoms with Crippen LogP contribution in [0.2, 0.25) is 0 Å². The van der Waals surface area contributed by atoms with E-state index in [2.05, 4.69) is 35.4 Å². The number of methoxy groups -OCH3 is 1. The van der Waals surface area contributed by atoms with Crippen LogP contribution in [0.15, 0.2) is 72.9 Å². The van der Waals surface area contributed by atoms with Crippen molar-refractivity contribution in [2.75, 3.05) is 19.1 Å². The molecular formula is C26H23N3O2. The van der Waals surface area contributed by atoms with Crippen molar-refractivity contribution in [3.05, 3.63) is 89.6 Å². The van der Waals surface area contributed by atoms with Gasteiger partial charge in [0.15, 0.2) is 0 Å². The summed E-state index contributed by atoms with van der Waals surface area (Å²) in [6.45, 7) is 0.727. The molecule has 1 amide bonds. The van der Waals surface area contributed by atoms with E-state index in [9.17, 15) is 4.79 Å². The van der Waals surface area contributed by atoms with Gasteiger partial charge in [-0.1, -0.05) is 42.5 Å². The number of hydrogen-bond acceptors (Lipinski definition) is 3. The number of anilines is 1. The Balaban J connectivity index is 1.40. The molecule has 31 heavy (non-hydrogen) atoms. The number of amides is 1. The average Bonchev–Trinajstić information content (AvgIpc) is 3.40. The summed E-state index contributed by atoms with van der Waals surface area (Å²) < 4.78 is 7.49. The maximum atomic E-state index is 13.3. The van der Waals surface area contributed by atoms with Crippen molar-refractivity contribution >= 4 is 22.5 Å². The van der Waals surface area contributed by atoms with Crippen LogP contribution < -0.4 is 9.64 Å². The number of fused-ring (bicyclic) bond motifs is 3. The minimum absolute atomic E-state index is 0.167. The van der Waals surface area contributed by atoms with Gasteiger partial charge in [0.25, 0.3) is 0 Å². The average molecular weight is 409 g/mol. The van der Waals surface area contributed by atoms with Gasteiger partial charge >= 0.3 is 0 Å². The summed E-state index contributed by atoms with van der Waals surface area (Å²) in [6.07, 6.45) is 2.74. The van der Waals surface area contributed by atoms with Crippen molar-refractivity contribution < 1.29 is 9.53 Å². The maximum Gasteiger partial charge on any atom is 0.238 e. The smallest absolute Gasteiger partial charge is 0.238 e. The normalized spacial score (nSPS) is 21.7. The molecule has 0 N–H and O–H groups in total. The van der Waals surface area contributed by atoms with E-state index < -0.39 is 5.41 Å². The number of rotatable bonds is 4. The number of aromatic nitrogens is 2. The second kappa shape index (κ2) is 6.45. The van der Waals surface area contributed by atoms with Gasteiger partial charge in [0.05, 0.1) is 30.8 Å². The summed E-state index contributed by atoms with van der Waals surface area (Å²) in [5.41, 5.74) is 5.12. The van der Waals surface area contributed by atoms with Gasteiger partial charge in [-0.15, -0.1) is 0 Å². The van der Waals surface area contributed by atoms with Gasteiger partial charge in [0, 0.05) is 24.0 Å². The first-order chi connectivity index (χ1) is 15.1. The Morgan fingerprint density at radius 3 is 2.74 bits per heavy atom.